The third-order valence-corrected chi connectivity index (χ3v) is 6.20. The highest BCUT2D eigenvalue weighted by molar-refractivity contribution is 7.15. The zero-order valence-electron chi connectivity index (χ0n) is 17.8. The number of hydrogen-bond acceptors (Lipinski definition) is 6. The van der Waals surface area contributed by atoms with E-state index in [1.165, 1.54) is 16.9 Å². The Morgan fingerprint density at radius 1 is 1.20 bits per heavy atom. The van der Waals surface area contributed by atoms with Crippen LogP contribution in [0.1, 0.15) is 56.5 Å². The van der Waals surface area contributed by atoms with E-state index >= 15 is 0 Å². The smallest absolute Gasteiger partial charge is 0.409 e. The molecule has 0 spiro atoms. The van der Waals surface area contributed by atoms with E-state index in [2.05, 4.69) is 34.6 Å². The van der Waals surface area contributed by atoms with Gasteiger partial charge in [-0.25, -0.2) is 4.79 Å². The van der Waals surface area contributed by atoms with E-state index < -0.39 is 0 Å². The molecule has 162 valence electrons. The monoisotopic (exact) mass is 430 g/mol. The predicted molar refractivity (Wildman–Crippen MR) is 118 cm³/mol. The number of nitrogens with one attached hydrogen (secondary N) is 1. The maximum atomic E-state index is 12.7. The van der Waals surface area contributed by atoms with Crippen molar-refractivity contribution in [3.63, 3.8) is 0 Å². The van der Waals surface area contributed by atoms with Crippen LogP contribution in [0.2, 0.25) is 0 Å². The van der Waals surface area contributed by atoms with E-state index in [4.69, 9.17) is 4.74 Å². The first-order chi connectivity index (χ1) is 14.5. The first-order valence-electron chi connectivity index (χ1n) is 10.6. The number of hydrogen-bond donors (Lipinski definition) is 1. The largest absolute Gasteiger partial charge is 0.449 e. The summed E-state index contributed by atoms with van der Waals surface area (Å²) in [4.78, 5) is 26.4. The molecule has 1 atom stereocenters. The Hall–Kier alpha value is -2.48. The number of anilines is 1. The second kappa shape index (κ2) is 10.5. The van der Waals surface area contributed by atoms with Gasteiger partial charge in [0.15, 0.2) is 0 Å². The summed E-state index contributed by atoms with van der Waals surface area (Å²) in [5, 5.41) is 12.9. The molecule has 1 aromatic heterocycles. The second-order valence-corrected chi connectivity index (χ2v) is 9.05. The first kappa shape index (κ1) is 22.2. The quantitative estimate of drug-likeness (QED) is 0.698. The summed E-state index contributed by atoms with van der Waals surface area (Å²) >= 11 is 1.43. The average Bonchev–Trinajstić information content (AvgIpc) is 3.21. The summed E-state index contributed by atoms with van der Waals surface area (Å²) in [6.07, 6.45) is 1.87. The highest BCUT2D eigenvalue weighted by Crippen LogP contribution is 2.32. The van der Waals surface area contributed by atoms with Crippen molar-refractivity contribution in [3.05, 3.63) is 40.9 Å². The molecule has 1 aromatic carbocycles. The van der Waals surface area contributed by atoms with Crippen molar-refractivity contribution in [2.24, 2.45) is 11.8 Å². The van der Waals surface area contributed by atoms with Gasteiger partial charge in [0.1, 0.15) is 5.01 Å². The number of aromatic nitrogens is 2. The van der Waals surface area contributed by atoms with Crippen LogP contribution in [0.25, 0.3) is 0 Å². The summed E-state index contributed by atoms with van der Waals surface area (Å²) < 4.78 is 5.28. The van der Waals surface area contributed by atoms with Crippen LogP contribution in [-0.4, -0.2) is 46.8 Å². The number of carbonyl (C=O) groups excluding carboxylic acids is 2. The highest BCUT2D eigenvalue weighted by atomic mass is 32.1. The minimum atomic E-state index is -0.289. The molecule has 1 aliphatic rings. The van der Waals surface area contributed by atoms with E-state index in [1.54, 1.807) is 4.90 Å². The van der Waals surface area contributed by atoms with Crippen molar-refractivity contribution in [3.8, 4) is 0 Å². The number of likely N-dealkylation sites (tertiary alicyclic amines) is 1. The lowest BCUT2D eigenvalue weighted by Crippen LogP contribution is -2.42. The van der Waals surface area contributed by atoms with Crippen molar-refractivity contribution in [1.82, 2.24) is 15.1 Å². The Morgan fingerprint density at radius 2 is 1.90 bits per heavy atom. The maximum absolute atomic E-state index is 12.7. The fraction of sp³-hybridized carbons (Fsp3) is 0.545. The fourth-order valence-electron chi connectivity index (χ4n) is 3.53. The lowest BCUT2D eigenvalue weighted by atomic mass is 9.96. The normalized spacial score (nSPS) is 15.8. The van der Waals surface area contributed by atoms with Crippen molar-refractivity contribution < 1.29 is 14.3 Å². The second-order valence-electron chi connectivity index (χ2n) is 8.04. The molecule has 1 fully saturated rings. The van der Waals surface area contributed by atoms with Crippen LogP contribution in [0.3, 0.4) is 0 Å². The molecule has 2 amide bonds. The number of piperidine rings is 1. The molecule has 0 aliphatic carbocycles. The Bertz CT molecular complexity index is 832. The minimum Gasteiger partial charge on any atom is -0.449 e. The van der Waals surface area contributed by atoms with Crippen molar-refractivity contribution >= 4 is 28.5 Å². The highest BCUT2D eigenvalue weighted by Gasteiger charge is 2.29. The summed E-state index contributed by atoms with van der Waals surface area (Å²) in [6, 6.07) is 10.2. The Balaban J connectivity index is 1.52. The van der Waals surface area contributed by atoms with Crippen LogP contribution in [0.5, 0.6) is 0 Å². The van der Waals surface area contributed by atoms with Gasteiger partial charge in [0.05, 0.1) is 6.61 Å². The van der Waals surface area contributed by atoms with E-state index in [-0.39, 0.29) is 23.8 Å². The predicted octanol–water partition coefficient (Wildman–Crippen LogP) is 4.52. The zero-order valence-corrected chi connectivity index (χ0v) is 18.7. The Morgan fingerprint density at radius 3 is 2.53 bits per heavy atom. The van der Waals surface area contributed by atoms with Crippen LogP contribution in [0.4, 0.5) is 9.93 Å². The van der Waals surface area contributed by atoms with Crippen LogP contribution >= 0.6 is 11.3 Å². The van der Waals surface area contributed by atoms with E-state index in [0.29, 0.717) is 43.6 Å². The van der Waals surface area contributed by atoms with E-state index in [0.717, 1.165) is 11.4 Å². The summed E-state index contributed by atoms with van der Waals surface area (Å²) in [5.41, 5.74) is 1.20. The molecule has 0 radical (unpaired) electrons. The molecule has 1 aliphatic heterocycles. The van der Waals surface area contributed by atoms with Crippen LogP contribution in [0.15, 0.2) is 30.3 Å². The topological polar surface area (TPSA) is 84.4 Å². The number of benzene rings is 1. The molecular weight excluding hydrogens is 400 g/mol. The summed E-state index contributed by atoms with van der Waals surface area (Å²) in [7, 11) is 0. The number of rotatable bonds is 7. The molecule has 3 rings (SSSR count). The number of nitrogens with zero attached hydrogens (tertiary/aromatic N) is 3. The number of carbonyl (C=O) groups is 2. The third kappa shape index (κ3) is 5.78. The zero-order chi connectivity index (χ0) is 21.5. The first-order valence-corrected chi connectivity index (χ1v) is 11.4. The van der Waals surface area contributed by atoms with Crippen molar-refractivity contribution in [1.29, 1.82) is 0 Å². The van der Waals surface area contributed by atoms with Crippen LogP contribution in [0, 0.1) is 11.8 Å². The van der Waals surface area contributed by atoms with Gasteiger partial charge in [0, 0.05) is 24.9 Å². The molecule has 1 unspecified atom stereocenters. The molecule has 0 bridgehead atoms. The van der Waals surface area contributed by atoms with Crippen molar-refractivity contribution in [2.75, 3.05) is 25.0 Å². The van der Waals surface area contributed by atoms with Gasteiger partial charge in [-0.2, -0.15) is 0 Å². The van der Waals surface area contributed by atoms with E-state index in [1.807, 2.05) is 32.0 Å². The number of ether oxygens (including phenoxy) is 1. The molecule has 2 heterocycles. The maximum Gasteiger partial charge on any atom is 0.409 e. The van der Waals surface area contributed by atoms with Gasteiger partial charge in [-0.15, -0.1) is 10.2 Å². The Labute approximate surface area is 181 Å². The average molecular weight is 431 g/mol. The van der Waals surface area contributed by atoms with Gasteiger partial charge in [0.25, 0.3) is 0 Å². The standard InChI is InChI=1S/C22H30N4O3S/c1-4-18(16-8-6-5-7-9-16)20-24-25-21(30-20)23-19(27)17-10-12-26(13-11-17)22(28)29-14-15(2)3/h5-9,15,17-18H,4,10-14H2,1-3H3,(H,23,25,27). The van der Waals surface area contributed by atoms with Crippen molar-refractivity contribution in [2.45, 2.75) is 46.0 Å². The van der Waals surface area contributed by atoms with Gasteiger partial charge in [0.2, 0.25) is 11.0 Å². The molecule has 8 heteroatoms. The lowest BCUT2D eigenvalue weighted by Gasteiger charge is -2.30. The molecule has 7 nitrogen and oxygen atoms in total. The number of amides is 2. The van der Waals surface area contributed by atoms with Gasteiger partial charge in [-0.3, -0.25) is 4.79 Å². The lowest BCUT2D eigenvalue weighted by molar-refractivity contribution is -0.121. The molecule has 0 saturated carbocycles. The molecule has 2 aromatic rings. The van der Waals surface area contributed by atoms with Gasteiger partial charge >= 0.3 is 6.09 Å². The van der Waals surface area contributed by atoms with E-state index in [9.17, 15) is 9.59 Å². The van der Waals surface area contributed by atoms with Gasteiger partial charge in [-0.05, 0) is 30.7 Å². The van der Waals surface area contributed by atoms with Gasteiger partial charge in [-0.1, -0.05) is 62.4 Å². The molecule has 1 saturated heterocycles. The molecule has 30 heavy (non-hydrogen) atoms. The third-order valence-electron chi connectivity index (χ3n) is 5.24. The SMILES string of the molecule is CCC(c1ccccc1)c1nnc(NC(=O)C2CCN(C(=O)OCC(C)C)CC2)s1. The van der Waals surface area contributed by atoms with Crippen LogP contribution < -0.4 is 5.32 Å². The summed E-state index contributed by atoms with van der Waals surface area (Å²) in [6.45, 7) is 7.61. The minimum absolute atomic E-state index is 0.0549. The Kier molecular flexibility index (Phi) is 7.79. The van der Waals surface area contributed by atoms with Crippen LogP contribution in [-0.2, 0) is 9.53 Å². The summed E-state index contributed by atoms with van der Waals surface area (Å²) in [5.74, 6) is 0.293. The molecular formula is C22H30N4O3S. The molecule has 1 N–H and O–H groups in total. The van der Waals surface area contributed by atoms with Gasteiger partial charge < -0.3 is 15.0 Å². The fourth-order valence-corrected chi connectivity index (χ4v) is 4.48.